The number of ether oxygens (including phenoxy) is 2. The van der Waals surface area contributed by atoms with E-state index in [1.165, 1.54) is 18.3 Å². The summed E-state index contributed by atoms with van der Waals surface area (Å²) in [5, 5.41) is 16.1. The Labute approximate surface area is 215 Å². The summed E-state index contributed by atoms with van der Waals surface area (Å²) >= 11 is 2.13. The molecule has 1 saturated heterocycles. The Kier molecular flexibility index (Phi) is 6.30. The number of rotatable bonds is 8. The Balaban J connectivity index is 1.32. The maximum atomic E-state index is 12.9. The van der Waals surface area contributed by atoms with Crippen molar-refractivity contribution in [2.24, 2.45) is 28.8 Å². The number of hydrogen-bond donors (Lipinski definition) is 0. The SMILES string of the molecule is CCOc1cc(C=NN2C(=O)[C@@H]3[C@H](C2=O)[C@H]2C=C[C@H]3C2)cc(I)c1OCc1ccc([N+](=O)[O-])cc1. The maximum Gasteiger partial charge on any atom is 0.269 e. The predicted molar refractivity (Wildman–Crippen MR) is 135 cm³/mol. The molecule has 0 radical (unpaired) electrons. The Morgan fingerprint density at radius 3 is 2.37 bits per heavy atom. The van der Waals surface area contributed by atoms with Crippen molar-refractivity contribution in [1.29, 1.82) is 0 Å². The van der Waals surface area contributed by atoms with E-state index in [1.54, 1.807) is 18.2 Å². The number of carbonyl (C=O) groups excluding carboxylic acids is 2. The number of hydrazone groups is 1. The van der Waals surface area contributed by atoms with Gasteiger partial charge in [-0.25, -0.2) is 0 Å². The lowest BCUT2D eigenvalue weighted by molar-refractivity contribution is -0.384. The number of nitro benzene ring substituents is 1. The summed E-state index contributed by atoms with van der Waals surface area (Å²) < 4.78 is 12.5. The summed E-state index contributed by atoms with van der Waals surface area (Å²) in [6, 6.07) is 9.74. The third-order valence-corrected chi connectivity index (χ3v) is 7.43. The van der Waals surface area contributed by atoms with Gasteiger partial charge in [-0.2, -0.15) is 10.1 Å². The number of fused-ring (bicyclic) bond motifs is 5. The second-order valence-corrected chi connectivity index (χ2v) is 9.87. The van der Waals surface area contributed by atoms with Crippen LogP contribution in [0, 0.1) is 37.4 Å². The number of carbonyl (C=O) groups is 2. The van der Waals surface area contributed by atoms with Crippen LogP contribution in [-0.4, -0.2) is 34.6 Å². The van der Waals surface area contributed by atoms with Gasteiger partial charge in [0, 0.05) is 12.1 Å². The third-order valence-electron chi connectivity index (χ3n) is 6.63. The lowest BCUT2D eigenvalue weighted by Gasteiger charge is -2.15. The second kappa shape index (κ2) is 9.40. The zero-order valence-electron chi connectivity index (χ0n) is 18.8. The van der Waals surface area contributed by atoms with Gasteiger partial charge in [0.25, 0.3) is 17.5 Å². The highest BCUT2D eigenvalue weighted by Gasteiger charge is 2.59. The molecule has 35 heavy (non-hydrogen) atoms. The number of nitrogens with zero attached hydrogens (tertiary/aromatic N) is 3. The predicted octanol–water partition coefficient (Wildman–Crippen LogP) is 4.32. The minimum atomic E-state index is -0.447. The molecular weight excluding hydrogens is 565 g/mol. The molecule has 2 aromatic carbocycles. The highest BCUT2D eigenvalue weighted by atomic mass is 127. The maximum absolute atomic E-state index is 12.9. The minimum Gasteiger partial charge on any atom is -0.490 e. The summed E-state index contributed by atoms with van der Waals surface area (Å²) in [7, 11) is 0. The molecule has 2 aromatic rings. The first-order valence-electron chi connectivity index (χ1n) is 11.3. The fourth-order valence-electron chi connectivity index (χ4n) is 5.06. The fourth-order valence-corrected chi connectivity index (χ4v) is 5.84. The molecule has 2 bridgehead atoms. The van der Waals surface area contributed by atoms with Crippen molar-refractivity contribution in [2.75, 3.05) is 6.61 Å². The largest absolute Gasteiger partial charge is 0.490 e. The number of nitro groups is 1. The molecule has 0 spiro atoms. The molecule has 0 N–H and O–H groups in total. The average Bonchev–Trinajstić information content (AvgIpc) is 3.52. The van der Waals surface area contributed by atoms with E-state index >= 15 is 0 Å². The molecule has 10 heteroatoms. The van der Waals surface area contributed by atoms with Crippen LogP contribution in [0.3, 0.4) is 0 Å². The summed E-state index contributed by atoms with van der Waals surface area (Å²) in [6.07, 6.45) is 6.48. The first-order valence-corrected chi connectivity index (χ1v) is 12.4. The van der Waals surface area contributed by atoms with Crippen LogP contribution in [0.5, 0.6) is 11.5 Å². The van der Waals surface area contributed by atoms with E-state index in [9.17, 15) is 19.7 Å². The lowest BCUT2D eigenvalue weighted by atomic mass is 9.85. The highest BCUT2D eigenvalue weighted by molar-refractivity contribution is 14.1. The van der Waals surface area contributed by atoms with Crippen molar-refractivity contribution >= 4 is 46.3 Å². The van der Waals surface area contributed by atoms with Crippen LogP contribution in [0.1, 0.15) is 24.5 Å². The number of imide groups is 1. The Hall–Kier alpha value is -3.28. The number of halogens is 1. The molecule has 9 nitrogen and oxygen atoms in total. The highest BCUT2D eigenvalue weighted by Crippen LogP contribution is 2.52. The first kappa shape index (κ1) is 23.5. The fraction of sp³-hybridized carbons (Fsp3) is 0.320. The van der Waals surface area contributed by atoms with Crippen molar-refractivity contribution in [1.82, 2.24) is 5.01 Å². The molecule has 1 heterocycles. The number of amides is 2. The van der Waals surface area contributed by atoms with Crippen molar-refractivity contribution in [2.45, 2.75) is 20.0 Å². The summed E-state index contributed by atoms with van der Waals surface area (Å²) in [5.74, 6) is 0.285. The van der Waals surface area contributed by atoms with Gasteiger partial charge in [-0.3, -0.25) is 19.7 Å². The molecule has 5 rings (SSSR count). The van der Waals surface area contributed by atoms with E-state index in [0.717, 1.165) is 20.6 Å². The van der Waals surface area contributed by atoms with Crippen LogP contribution < -0.4 is 9.47 Å². The Morgan fingerprint density at radius 1 is 1.11 bits per heavy atom. The normalized spacial score (nSPS) is 24.5. The number of benzene rings is 2. The number of non-ortho nitro benzene ring substituents is 1. The van der Waals surface area contributed by atoms with Gasteiger partial charge in [-0.15, -0.1) is 0 Å². The van der Waals surface area contributed by atoms with Gasteiger partial charge >= 0.3 is 0 Å². The zero-order chi connectivity index (χ0) is 24.7. The second-order valence-electron chi connectivity index (χ2n) is 8.71. The van der Waals surface area contributed by atoms with Crippen molar-refractivity contribution in [3.8, 4) is 11.5 Å². The molecule has 2 aliphatic carbocycles. The molecular formula is C25H22IN3O6. The monoisotopic (exact) mass is 587 g/mol. The first-order chi connectivity index (χ1) is 16.9. The molecule has 0 unspecified atom stereocenters. The minimum absolute atomic E-state index is 0.0180. The summed E-state index contributed by atoms with van der Waals surface area (Å²) in [5.41, 5.74) is 1.46. The Bertz CT molecular complexity index is 1230. The van der Waals surface area contributed by atoms with E-state index in [-0.39, 0.29) is 47.8 Å². The van der Waals surface area contributed by atoms with Crippen molar-refractivity contribution < 1.29 is 24.0 Å². The van der Waals surface area contributed by atoms with Gasteiger partial charge in [-0.1, -0.05) is 12.2 Å². The van der Waals surface area contributed by atoms with Gasteiger partial charge in [-0.05, 0) is 83.2 Å². The smallest absolute Gasteiger partial charge is 0.269 e. The third kappa shape index (κ3) is 4.30. The molecule has 2 fully saturated rings. The molecule has 1 saturated carbocycles. The van der Waals surface area contributed by atoms with E-state index in [0.29, 0.717) is 23.7 Å². The van der Waals surface area contributed by atoms with Crippen LogP contribution in [0.15, 0.2) is 53.7 Å². The zero-order valence-corrected chi connectivity index (χ0v) is 21.0. The topological polar surface area (TPSA) is 111 Å². The van der Waals surface area contributed by atoms with Crippen LogP contribution in [-0.2, 0) is 16.2 Å². The number of hydrogen-bond acceptors (Lipinski definition) is 7. The molecule has 1 aliphatic heterocycles. The van der Waals surface area contributed by atoms with Gasteiger partial charge in [0.15, 0.2) is 11.5 Å². The molecule has 2 amide bonds. The average molecular weight is 587 g/mol. The van der Waals surface area contributed by atoms with Crippen molar-refractivity contribution in [3.63, 3.8) is 0 Å². The van der Waals surface area contributed by atoms with Crippen LogP contribution >= 0.6 is 22.6 Å². The quantitative estimate of drug-likeness (QED) is 0.114. The number of allylic oxidation sites excluding steroid dienone is 2. The van der Waals surface area contributed by atoms with E-state index in [2.05, 4.69) is 39.8 Å². The van der Waals surface area contributed by atoms with Gasteiger partial charge in [0.2, 0.25) is 0 Å². The molecule has 0 aromatic heterocycles. The van der Waals surface area contributed by atoms with Crippen LogP contribution in [0.25, 0.3) is 0 Å². The van der Waals surface area contributed by atoms with Gasteiger partial charge in [0.1, 0.15) is 6.61 Å². The van der Waals surface area contributed by atoms with Gasteiger partial charge in [0.05, 0.1) is 33.2 Å². The standard InChI is InChI=1S/C25H22IN3O6/c1-2-34-20-10-15(9-19(26)23(20)35-13-14-3-7-18(8-4-14)29(32)33)12-27-28-24(30)21-16-5-6-17(11-16)22(21)25(28)31/h3-10,12,16-17,21-22H,2,11,13H2,1H3/t16-,17-,21-,22+/m0/s1. The van der Waals surface area contributed by atoms with E-state index in [4.69, 9.17) is 9.47 Å². The molecule has 3 aliphatic rings. The van der Waals surface area contributed by atoms with Crippen LogP contribution in [0.2, 0.25) is 0 Å². The Morgan fingerprint density at radius 2 is 1.77 bits per heavy atom. The summed E-state index contributed by atoms with van der Waals surface area (Å²) in [4.78, 5) is 36.1. The van der Waals surface area contributed by atoms with Crippen LogP contribution in [0.4, 0.5) is 5.69 Å². The molecule has 180 valence electrons. The molecule has 4 atom stereocenters. The van der Waals surface area contributed by atoms with Gasteiger partial charge < -0.3 is 9.47 Å². The van der Waals surface area contributed by atoms with E-state index < -0.39 is 4.92 Å². The summed E-state index contributed by atoms with van der Waals surface area (Å²) in [6.45, 7) is 2.47. The van der Waals surface area contributed by atoms with E-state index in [1.807, 2.05) is 13.0 Å². The lowest BCUT2D eigenvalue weighted by Crippen LogP contribution is -2.28. The van der Waals surface area contributed by atoms with Crippen molar-refractivity contribution in [3.05, 3.63) is 73.4 Å².